The Morgan fingerprint density at radius 2 is 2.25 bits per heavy atom. The number of unbranched alkanes of at least 4 members (excludes halogenated alkanes) is 2. The molecule has 0 bridgehead atoms. The fourth-order valence-electron chi connectivity index (χ4n) is 1.88. The van der Waals surface area contributed by atoms with Crippen molar-refractivity contribution in [3.63, 3.8) is 0 Å². The van der Waals surface area contributed by atoms with Crippen molar-refractivity contribution >= 4 is 11.2 Å². The van der Waals surface area contributed by atoms with Crippen LogP contribution in [0.2, 0.25) is 0 Å². The Kier molecular flexibility index (Phi) is 3.08. The molecule has 0 unspecified atom stereocenters. The first-order valence-corrected chi connectivity index (χ1v) is 5.77. The highest BCUT2D eigenvalue weighted by atomic mass is 16.1. The highest BCUT2D eigenvalue weighted by Crippen LogP contribution is 2.10. The van der Waals surface area contributed by atoms with E-state index in [0.29, 0.717) is 5.65 Å². The summed E-state index contributed by atoms with van der Waals surface area (Å²) in [7, 11) is 0. The Hall–Kier alpha value is -1.58. The van der Waals surface area contributed by atoms with Crippen LogP contribution in [0.15, 0.2) is 17.1 Å². The maximum absolute atomic E-state index is 11.7. The number of fused-ring (bicyclic) bond motifs is 1. The topological polar surface area (TPSA) is 50.7 Å². The monoisotopic (exact) mass is 219 g/mol. The van der Waals surface area contributed by atoms with Gasteiger partial charge in [0.1, 0.15) is 0 Å². The van der Waals surface area contributed by atoms with E-state index in [9.17, 15) is 4.79 Å². The van der Waals surface area contributed by atoms with E-state index in [-0.39, 0.29) is 5.69 Å². The van der Waals surface area contributed by atoms with Crippen LogP contribution in [0.3, 0.4) is 0 Å². The predicted octanol–water partition coefficient (Wildman–Crippen LogP) is 2.22. The molecule has 0 aromatic carbocycles. The van der Waals surface area contributed by atoms with Crippen LogP contribution in [0.25, 0.3) is 11.2 Å². The fraction of sp³-hybridized carbons (Fsp3) is 0.500. The minimum Gasteiger partial charge on any atom is -0.290 e. The van der Waals surface area contributed by atoms with Crippen LogP contribution in [0.1, 0.15) is 31.7 Å². The van der Waals surface area contributed by atoms with Gasteiger partial charge in [-0.25, -0.2) is 9.78 Å². The van der Waals surface area contributed by atoms with Gasteiger partial charge in [0.2, 0.25) is 0 Å². The second-order valence-electron chi connectivity index (χ2n) is 4.17. The lowest BCUT2D eigenvalue weighted by molar-refractivity contribution is 0.600. The third kappa shape index (κ3) is 2.01. The third-order valence-electron chi connectivity index (χ3n) is 2.75. The van der Waals surface area contributed by atoms with Crippen molar-refractivity contribution < 1.29 is 0 Å². The molecule has 4 nitrogen and oxygen atoms in total. The first-order valence-electron chi connectivity index (χ1n) is 5.77. The molecule has 16 heavy (non-hydrogen) atoms. The first-order chi connectivity index (χ1) is 7.72. The maximum atomic E-state index is 11.7. The maximum Gasteiger partial charge on any atom is 0.327 e. The van der Waals surface area contributed by atoms with E-state index < -0.39 is 0 Å². The van der Waals surface area contributed by atoms with Gasteiger partial charge in [-0.15, -0.1) is 0 Å². The van der Waals surface area contributed by atoms with Gasteiger partial charge in [0.15, 0.2) is 5.65 Å². The van der Waals surface area contributed by atoms with Gasteiger partial charge in [-0.1, -0.05) is 19.8 Å². The highest BCUT2D eigenvalue weighted by Gasteiger charge is 2.06. The SMILES string of the molecule is CCCCCn1c(=O)[nH]c2ncc(C)cc21. The van der Waals surface area contributed by atoms with Crippen LogP contribution in [0.5, 0.6) is 0 Å². The number of hydrogen-bond donors (Lipinski definition) is 1. The molecule has 4 heteroatoms. The van der Waals surface area contributed by atoms with Crippen LogP contribution in [0.4, 0.5) is 0 Å². The normalized spacial score (nSPS) is 11.1. The van der Waals surface area contributed by atoms with Gasteiger partial charge in [-0.3, -0.25) is 9.55 Å². The van der Waals surface area contributed by atoms with Crippen LogP contribution >= 0.6 is 0 Å². The Balaban J connectivity index is 2.38. The van der Waals surface area contributed by atoms with E-state index in [1.807, 2.05) is 13.0 Å². The molecule has 0 radical (unpaired) electrons. The predicted molar refractivity (Wildman–Crippen MR) is 64.6 cm³/mol. The Bertz CT molecular complexity index is 539. The summed E-state index contributed by atoms with van der Waals surface area (Å²) in [6.45, 7) is 4.92. The first kappa shape index (κ1) is 10.9. The van der Waals surface area contributed by atoms with Gasteiger partial charge >= 0.3 is 5.69 Å². The molecule has 0 atom stereocenters. The molecule has 2 aromatic rings. The molecule has 0 aliphatic rings. The summed E-state index contributed by atoms with van der Waals surface area (Å²) < 4.78 is 1.78. The Labute approximate surface area is 94.3 Å². The second kappa shape index (κ2) is 4.51. The molecule has 2 heterocycles. The van der Waals surface area contributed by atoms with Crippen molar-refractivity contribution in [1.82, 2.24) is 14.5 Å². The highest BCUT2D eigenvalue weighted by molar-refractivity contribution is 5.71. The summed E-state index contributed by atoms with van der Waals surface area (Å²) in [6, 6.07) is 2.01. The van der Waals surface area contributed by atoms with E-state index in [2.05, 4.69) is 16.9 Å². The van der Waals surface area contributed by atoms with E-state index in [1.165, 1.54) is 0 Å². The molecular weight excluding hydrogens is 202 g/mol. The molecule has 86 valence electrons. The van der Waals surface area contributed by atoms with Crippen LogP contribution in [-0.4, -0.2) is 14.5 Å². The van der Waals surface area contributed by atoms with Crippen molar-refractivity contribution in [2.45, 2.75) is 39.7 Å². The number of nitrogens with zero attached hydrogens (tertiary/aromatic N) is 2. The minimum atomic E-state index is -0.0517. The van der Waals surface area contributed by atoms with E-state index in [0.717, 1.165) is 36.9 Å². The van der Waals surface area contributed by atoms with Crippen molar-refractivity contribution in [3.05, 3.63) is 28.3 Å². The number of pyridine rings is 1. The number of imidazole rings is 1. The van der Waals surface area contributed by atoms with Gasteiger partial charge in [-0.05, 0) is 25.0 Å². The zero-order valence-corrected chi connectivity index (χ0v) is 9.79. The lowest BCUT2D eigenvalue weighted by Gasteiger charge is -2.02. The zero-order chi connectivity index (χ0) is 11.5. The summed E-state index contributed by atoms with van der Waals surface area (Å²) >= 11 is 0. The summed E-state index contributed by atoms with van der Waals surface area (Å²) in [5.74, 6) is 0. The summed E-state index contributed by atoms with van der Waals surface area (Å²) in [5.41, 5.74) is 2.63. The number of rotatable bonds is 4. The number of nitrogens with one attached hydrogen (secondary N) is 1. The largest absolute Gasteiger partial charge is 0.327 e. The number of aromatic nitrogens is 3. The van der Waals surface area contributed by atoms with E-state index in [4.69, 9.17) is 0 Å². The van der Waals surface area contributed by atoms with Crippen LogP contribution < -0.4 is 5.69 Å². The van der Waals surface area contributed by atoms with Gasteiger partial charge < -0.3 is 0 Å². The minimum absolute atomic E-state index is 0.0517. The zero-order valence-electron chi connectivity index (χ0n) is 9.79. The summed E-state index contributed by atoms with van der Waals surface area (Å²) in [6.07, 6.45) is 5.12. The van der Waals surface area contributed by atoms with Crippen LogP contribution in [-0.2, 0) is 6.54 Å². The smallest absolute Gasteiger partial charge is 0.290 e. The lowest BCUT2D eigenvalue weighted by Crippen LogP contribution is -2.16. The average molecular weight is 219 g/mol. The van der Waals surface area contributed by atoms with Gasteiger partial charge in [0.25, 0.3) is 0 Å². The molecule has 0 spiro atoms. The molecule has 0 saturated heterocycles. The van der Waals surface area contributed by atoms with Gasteiger partial charge in [0, 0.05) is 12.7 Å². The summed E-state index contributed by atoms with van der Waals surface area (Å²) in [4.78, 5) is 18.7. The van der Waals surface area contributed by atoms with Crippen molar-refractivity contribution in [3.8, 4) is 0 Å². The van der Waals surface area contributed by atoms with E-state index >= 15 is 0 Å². The Morgan fingerprint density at radius 3 is 3.00 bits per heavy atom. The molecular formula is C12H17N3O. The average Bonchev–Trinajstić information content (AvgIpc) is 2.56. The fourth-order valence-corrected chi connectivity index (χ4v) is 1.88. The molecule has 0 fully saturated rings. The van der Waals surface area contributed by atoms with Crippen molar-refractivity contribution in [1.29, 1.82) is 0 Å². The molecule has 0 amide bonds. The van der Waals surface area contributed by atoms with Crippen molar-refractivity contribution in [2.75, 3.05) is 0 Å². The third-order valence-corrected chi connectivity index (χ3v) is 2.75. The van der Waals surface area contributed by atoms with Crippen LogP contribution in [0, 0.1) is 6.92 Å². The summed E-state index contributed by atoms with van der Waals surface area (Å²) in [5, 5.41) is 0. The molecule has 2 rings (SSSR count). The molecule has 0 aliphatic carbocycles. The quantitative estimate of drug-likeness (QED) is 0.801. The lowest BCUT2D eigenvalue weighted by atomic mass is 10.2. The second-order valence-corrected chi connectivity index (χ2v) is 4.17. The molecule has 0 saturated carbocycles. The number of H-pyrrole nitrogens is 1. The standard InChI is InChI=1S/C12H17N3O/c1-3-4-5-6-15-10-7-9(2)8-13-11(10)14-12(15)16/h7-8H,3-6H2,1-2H3,(H,13,14,16). The molecule has 0 aliphatic heterocycles. The number of aryl methyl sites for hydroxylation is 2. The number of hydrogen-bond acceptors (Lipinski definition) is 2. The molecule has 2 aromatic heterocycles. The molecule has 1 N–H and O–H groups in total. The Morgan fingerprint density at radius 1 is 1.44 bits per heavy atom. The van der Waals surface area contributed by atoms with Gasteiger partial charge in [0.05, 0.1) is 5.52 Å². The van der Waals surface area contributed by atoms with Gasteiger partial charge in [-0.2, -0.15) is 0 Å². The van der Waals surface area contributed by atoms with E-state index in [1.54, 1.807) is 10.8 Å². The number of aromatic amines is 1. The van der Waals surface area contributed by atoms with Crippen molar-refractivity contribution in [2.24, 2.45) is 0 Å².